The number of hydrogen-bond donors (Lipinski definition) is 2. The molecule has 2 aromatic carbocycles. The number of ether oxygens (including phenoxy) is 3. The van der Waals surface area contributed by atoms with E-state index >= 15 is 0 Å². The summed E-state index contributed by atoms with van der Waals surface area (Å²) in [7, 11) is 2.74. The zero-order chi connectivity index (χ0) is 18.3. The summed E-state index contributed by atoms with van der Waals surface area (Å²) in [4.78, 5) is 17.1. The monoisotopic (exact) mass is 348 g/mol. The topological polar surface area (TPSA) is 94.5 Å². The first-order valence-corrected chi connectivity index (χ1v) is 7.52. The second-order valence-electron chi connectivity index (χ2n) is 5.07. The SMILES string of the molecule is COC(OC)(C(=O)c1ccc(OCCO)cc1)c1ccc(OO)cc1. The molecule has 2 rings (SSSR count). The van der Waals surface area contributed by atoms with Gasteiger partial charge in [0.2, 0.25) is 5.78 Å². The standard InChI is InChI=1S/C18H20O7/c1-22-18(23-2,14-5-9-16(25-21)10-6-14)17(20)13-3-7-15(8-4-13)24-12-11-19/h3-10,19,21H,11-12H2,1-2H3. The summed E-state index contributed by atoms with van der Waals surface area (Å²) in [6.45, 7) is 0.0807. The van der Waals surface area contributed by atoms with Crippen LogP contribution in [0, 0.1) is 0 Å². The van der Waals surface area contributed by atoms with Gasteiger partial charge in [-0.2, -0.15) is 0 Å². The van der Waals surface area contributed by atoms with Gasteiger partial charge in [-0.1, -0.05) is 0 Å². The van der Waals surface area contributed by atoms with Crippen molar-refractivity contribution in [1.29, 1.82) is 0 Å². The number of carbonyl (C=O) groups is 1. The van der Waals surface area contributed by atoms with Gasteiger partial charge in [0.25, 0.3) is 5.79 Å². The van der Waals surface area contributed by atoms with Crippen LogP contribution in [0.3, 0.4) is 0 Å². The van der Waals surface area contributed by atoms with Crippen LogP contribution in [0.25, 0.3) is 0 Å². The summed E-state index contributed by atoms with van der Waals surface area (Å²) >= 11 is 0. The first-order chi connectivity index (χ1) is 12.1. The lowest BCUT2D eigenvalue weighted by Gasteiger charge is -2.29. The molecule has 0 amide bonds. The Morgan fingerprint density at radius 3 is 2.00 bits per heavy atom. The molecule has 7 nitrogen and oxygen atoms in total. The maximum atomic E-state index is 13.0. The van der Waals surface area contributed by atoms with Crippen LogP contribution >= 0.6 is 0 Å². The maximum absolute atomic E-state index is 13.0. The lowest BCUT2D eigenvalue weighted by atomic mass is 9.95. The second-order valence-corrected chi connectivity index (χ2v) is 5.07. The Morgan fingerprint density at radius 1 is 0.960 bits per heavy atom. The first-order valence-electron chi connectivity index (χ1n) is 7.52. The number of methoxy groups -OCH3 is 2. The summed E-state index contributed by atoms with van der Waals surface area (Å²) < 4.78 is 16.1. The van der Waals surface area contributed by atoms with E-state index in [1.807, 2.05) is 0 Å². The van der Waals surface area contributed by atoms with Gasteiger partial charge in [-0.15, -0.1) is 0 Å². The number of aliphatic hydroxyl groups excluding tert-OH is 1. The van der Waals surface area contributed by atoms with Crippen LogP contribution in [0.5, 0.6) is 11.5 Å². The van der Waals surface area contributed by atoms with E-state index in [9.17, 15) is 4.79 Å². The summed E-state index contributed by atoms with van der Waals surface area (Å²) in [5, 5.41) is 17.4. The van der Waals surface area contributed by atoms with E-state index < -0.39 is 11.6 Å². The molecule has 0 radical (unpaired) electrons. The summed E-state index contributed by atoms with van der Waals surface area (Å²) in [5.41, 5.74) is 0.812. The summed E-state index contributed by atoms with van der Waals surface area (Å²) in [6.07, 6.45) is 0. The van der Waals surface area contributed by atoms with Gasteiger partial charge in [-0.25, -0.2) is 5.26 Å². The minimum absolute atomic E-state index is 0.0926. The van der Waals surface area contributed by atoms with E-state index in [1.54, 1.807) is 36.4 Å². The predicted octanol–water partition coefficient (Wildman–Crippen LogP) is 2.24. The highest BCUT2D eigenvalue weighted by Gasteiger charge is 2.41. The molecule has 25 heavy (non-hydrogen) atoms. The van der Waals surface area contributed by atoms with E-state index in [-0.39, 0.29) is 19.0 Å². The third kappa shape index (κ3) is 3.97. The number of carbonyl (C=O) groups excluding carboxylic acids is 1. The molecule has 7 heteroatoms. The van der Waals surface area contributed by atoms with Gasteiger partial charge in [0.15, 0.2) is 5.75 Å². The van der Waals surface area contributed by atoms with Crippen LogP contribution in [0.1, 0.15) is 15.9 Å². The van der Waals surface area contributed by atoms with E-state index in [2.05, 4.69) is 4.89 Å². The first kappa shape index (κ1) is 18.9. The molecular formula is C18H20O7. The lowest BCUT2D eigenvalue weighted by molar-refractivity contribution is -0.176. The number of hydrogen-bond acceptors (Lipinski definition) is 7. The van der Waals surface area contributed by atoms with E-state index in [1.165, 1.54) is 26.4 Å². The molecule has 0 unspecified atom stereocenters. The molecule has 0 heterocycles. The summed E-state index contributed by atoms with van der Waals surface area (Å²) in [5.74, 6) is -1.27. The maximum Gasteiger partial charge on any atom is 0.260 e. The molecule has 0 fully saturated rings. The lowest BCUT2D eigenvalue weighted by Crippen LogP contribution is -2.40. The van der Waals surface area contributed by atoms with Crippen molar-refractivity contribution < 1.29 is 34.3 Å². The second kappa shape index (κ2) is 8.59. The Labute approximate surface area is 145 Å². The molecule has 0 aromatic heterocycles. The Kier molecular flexibility index (Phi) is 6.49. The van der Waals surface area contributed by atoms with Gasteiger partial charge >= 0.3 is 0 Å². The molecule has 0 saturated heterocycles. The predicted molar refractivity (Wildman–Crippen MR) is 88.7 cm³/mol. The van der Waals surface area contributed by atoms with Crippen LogP contribution in [-0.2, 0) is 15.3 Å². The third-order valence-corrected chi connectivity index (χ3v) is 3.69. The minimum atomic E-state index is -1.64. The molecule has 134 valence electrons. The molecule has 0 spiro atoms. The molecule has 0 saturated carbocycles. The number of benzene rings is 2. The van der Waals surface area contributed by atoms with Crippen molar-refractivity contribution in [2.45, 2.75) is 5.79 Å². The largest absolute Gasteiger partial charge is 0.491 e. The fourth-order valence-corrected chi connectivity index (χ4v) is 2.43. The highest BCUT2D eigenvalue weighted by Crippen LogP contribution is 2.32. The molecule has 2 aromatic rings. The van der Waals surface area contributed by atoms with Gasteiger partial charge in [0.1, 0.15) is 12.4 Å². The van der Waals surface area contributed by atoms with Gasteiger partial charge in [0.05, 0.1) is 6.61 Å². The van der Waals surface area contributed by atoms with Crippen LogP contribution in [0.4, 0.5) is 0 Å². The van der Waals surface area contributed by atoms with Crippen molar-refractivity contribution >= 4 is 5.78 Å². The van der Waals surface area contributed by atoms with E-state index in [0.717, 1.165) is 0 Å². The molecule has 0 aliphatic heterocycles. The zero-order valence-electron chi connectivity index (χ0n) is 14.0. The average Bonchev–Trinajstić information content (AvgIpc) is 2.68. The van der Waals surface area contributed by atoms with Crippen molar-refractivity contribution in [1.82, 2.24) is 0 Å². The van der Waals surface area contributed by atoms with Gasteiger partial charge < -0.3 is 24.2 Å². The third-order valence-electron chi connectivity index (χ3n) is 3.69. The van der Waals surface area contributed by atoms with Gasteiger partial charge in [-0.05, 0) is 48.5 Å². The number of ketones is 1. The van der Waals surface area contributed by atoms with E-state index in [4.69, 9.17) is 24.6 Å². The molecular weight excluding hydrogens is 328 g/mol. The zero-order valence-corrected chi connectivity index (χ0v) is 14.0. The van der Waals surface area contributed by atoms with Crippen molar-refractivity contribution in [3.8, 4) is 11.5 Å². The Hall–Kier alpha value is -2.45. The van der Waals surface area contributed by atoms with Crippen molar-refractivity contribution in [3.63, 3.8) is 0 Å². The van der Waals surface area contributed by atoms with Crippen LogP contribution in [0.15, 0.2) is 48.5 Å². The fourth-order valence-electron chi connectivity index (χ4n) is 2.43. The molecule has 2 N–H and O–H groups in total. The molecule has 0 aliphatic rings. The van der Waals surface area contributed by atoms with Gasteiger partial charge in [-0.3, -0.25) is 4.79 Å². The fraction of sp³-hybridized carbons (Fsp3) is 0.278. The number of rotatable bonds is 9. The molecule has 0 atom stereocenters. The Balaban J connectivity index is 2.32. The van der Waals surface area contributed by atoms with E-state index in [0.29, 0.717) is 16.9 Å². The van der Waals surface area contributed by atoms with Crippen LogP contribution < -0.4 is 9.62 Å². The Morgan fingerprint density at radius 2 is 1.52 bits per heavy atom. The highest BCUT2D eigenvalue weighted by molar-refractivity contribution is 6.02. The minimum Gasteiger partial charge on any atom is -0.491 e. The molecule has 0 bridgehead atoms. The number of aliphatic hydroxyl groups is 1. The van der Waals surface area contributed by atoms with Crippen molar-refractivity contribution in [2.75, 3.05) is 27.4 Å². The van der Waals surface area contributed by atoms with Crippen molar-refractivity contribution in [2.24, 2.45) is 0 Å². The quantitative estimate of drug-likeness (QED) is 0.311. The summed E-state index contributed by atoms with van der Waals surface area (Å²) in [6, 6.07) is 12.5. The smallest absolute Gasteiger partial charge is 0.260 e. The number of Topliss-reactive ketones (excluding diaryl/α,β-unsaturated/α-hetero) is 1. The average molecular weight is 348 g/mol. The normalized spacial score (nSPS) is 11.2. The Bertz CT molecular complexity index is 676. The van der Waals surface area contributed by atoms with Crippen LogP contribution in [-0.4, -0.2) is 43.6 Å². The molecule has 0 aliphatic carbocycles. The van der Waals surface area contributed by atoms with Gasteiger partial charge in [0, 0.05) is 25.3 Å². The van der Waals surface area contributed by atoms with Crippen molar-refractivity contribution in [3.05, 3.63) is 59.7 Å². The van der Waals surface area contributed by atoms with Crippen LogP contribution in [0.2, 0.25) is 0 Å². The highest BCUT2D eigenvalue weighted by atomic mass is 17.1.